The molecule has 0 spiro atoms. The van der Waals surface area contributed by atoms with E-state index < -0.39 is 0 Å². The van der Waals surface area contributed by atoms with Crippen LogP contribution in [0.1, 0.15) is 31.2 Å². The summed E-state index contributed by atoms with van der Waals surface area (Å²) in [5.74, 6) is 0. The molecule has 3 heteroatoms. The molecule has 0 bridgehead atoms. The number of halogens is 1. The van der Waals surface area contributed by atoms with Crippen molar-refractivity contribution >= 4 is 11.6 Å². The Morgan fingerprint density at radius 3 is 2.79 bits per heavy atom. The average molecular weight is 211 g/mol. The molecule has 1 aliphatic carbocycles. The number of aromatic nitrogens is 1. The molecule has 0 unspecified atom stereocenters. The van der Waals surface area contributed by atoms with Gasteiger partial charge in [-0.05, 0) is 30.9 Å². The zero-order valence-electron chi connectivity index (χ0n) is 8.17. The molecule has 1 aromatic heterocycles. The summed E-state index contributed by atoms with van der Waals surface area (Å²) in [5.41, 5.74) is 7.39. The molecule has 0 aromatic carbocycles. The first-order chi connectivity index (χ1) is 6.70. The lowest BCUT2D eigenvalue weighted by Crippen LogP contribution is -2.38. The fourth-order valence-corrected chi connectivity index (χ4v) is 2.37. The van der Waals surface area contributed by atoms with Gasteiger partial charge in [0.15, 0.2) is 0 Å². The van der Waals surface area contributed by atoms with E-state index in [9.17, 15) is 0 Å². The van der Waals surface area contributed by atoms with Crippen LogP contribution < -0.4 is 5.73 Å². The highest BCUT2D eigenvalue weighted by atomic mass is 35.5. The smallest absolute Gasteiger partial charge is 0.0621 e. The van der Waals surface area contributed by atoms with Crippen LogP contribution in [-0.2, 0) is 6.42 Å². The van der Waals surface area contributed by atoms with Crippen LogP contribution in [0, 0.1) is 0 Å². The first-order valence-electron chi connectivity index (χ1n) is 5.07. The first-order valence-corrected chi connectivity index (χ1v) is 5.45. The van der Waals surface area contributed by atoms with E-state index >= 15 is 0 Å². The fraction of sp³-hybridized carbons (Fsp3) is 0.545. The van der Waals surface area contributed by atoms with E-state index in [-0.39, 0.29) is 5.54 Å². The Kier molecular flexibility index (Phi) is 2.75. The monoisotopic (exact) mass is 210 g/mol. The molecule has 2 nitrogen and oxygen atoms in total. The second-order valence-corrected chi connectivity index (χ2v) is 4.62. The summed E-state index contributed by atoms with van der Waals surface area (Å²) in [4.78, 5) is 3.97. The van der Waals surface area contributed by atoms with E-state index in [0.29, 0.717) is 0 Å². The Morgan fingerprint density at radius 2 is 2.14 bits per heavy atom. The molecule has 0 saturated heterocycles. The van der Waals surface area contributed by atoms with Gasteiger partial charge in [-0.3, -0.25) is 4.98 Å². The maximum atomic E-state index is 6.28. The lowest BCUT2D eigenvalue weighted by molar-refractivity contribution is 0.436. The number of hydrogen-bond acceptors (Lipinski definition) is 2. The van der Waals surface area contributed by atoms with Crippen molar-refractivity contribution in [1.82, 2.24) is 4.98 Å². The van der Waals surface area contributed by atoms with Gasteiger partial charge in [-0.25, -0.2) is 0 Å². The Morgan fingerprint density at radius 1 is 1.43 bits per heavy atom. The molecular weight excluding hydrogens is 196 g/mol. The van der Waals surface area contributed by atoms with Crippen molar-refractivity contribution < 1.29 is 0 Å². The summed E-state index contributed by atoms with van der Waals surface area (Å²) >= 11 is 6.05. The average Bonchev–Trinajstić information content (AvgIpc) is 2.57. The molecule has 0 aliphatic heterocycles. The van der Waals surface area contributed by atoms with E-state index in [1.165, 1.54) is 12.8 Å². The molecular formula is C11H15ClN2. The summed E-state index contributed by atoms with van der Waals surface area (Å²) in [5, 5.41) is 0.740. The highest BCUT2D eigenvalue weighted by Crippen LogP contribution is 2.31. The van der Waals surface area contributed by atoms with Crippen molar-refractivity contribution in [3.05, 3.63) is 29.0 Å². The van der Waals surface area contributed by atoms with E-state index in [0.717, 1.165) is 29.8 Å². The Balaban J connectivity index is 2.14. The van der Waals surface area contributed by atoms with E-state index in [4.69, 9.17) is 17.3 Å². The van der Waals surface area contributed by atoms with Gasteiger partial charge in [0.25, 0.3) is 0 Å². The largest absolute Gasteiger partial charge is 0.325 e. The van der Waals surface area contributed by atoms with Crippen LogP contribution in [0.4, 0.5) is 0 Å². The molecule has 2 N–H and O–H groups in total. The fourth-order valence-electron chi connectivity index (χ4n) is 2.18. The molecule has 14 heavy (non-hydrogen) atoms. The van der Waals surface area contributed by atoms with Crippen molar-refractivity contribution in [1.29, 1.82) is 0 Å². The number of nitrogens with zero attached hydrogens (tertiary/aromatic N) is 1. The molecule has 2 rings (SSSR count). The van der Waals surface area contributed by atoms with Gasteiger partial charge in [-0.2, -0.15) is 0 Å². The third-order valence-corrected chi connectivity index (χ3v) is 3.34. The molecule has 0 atom stereocenters. The van der Waals surface area contributed by atoms with Crippen molar-refractivity contribution in [2.24, 2.45) is 5.73 Å². The molecule has 1 fully saturated rings. The van der Waals surface area contributed by atoms with Crippen LogP contribution >= 0.6 is 11.6 Å². The summed E-state index contributed by atoms with van der Waals surface area (Å²) in [6, 6.07) is 1.97. The van der Waals surface area contributed by atoms with Crippen LogP contribution in [0.3, 0.4) is 0 Å². The normalized spacial score (nSPS) is 19.9. The zero-order chi connectivity index (χ0) is 10.0. The quantitative estimate of drug-likeness (QED) is 0.815. The van der Waals surface area contributed by atoms with Gasteiger partial charge >= 0.3 is 0 Å². The number of hydrogen-bond donors (Lipinski definition) is 1. The van der Waals surface area contributed by atoms with Gasteiger partial charge in [0.05, 0.1) is 5.02 Å². The second-order valence-electron chi connectivity index (χ2n) is 4.21. The summed E-state index contributed by atoms with van der Waals surface area (Å²) in [7, 11) is 0. The molecule has 0 radical (unpaired) electrons. The third-order valence-electron chi connectivity index (χ3n) is 3.00. The number of nitrogens with two attached hydrogens (primary N) is 1. The van der Waals surface area contributed by atoms with E-state index in [2.05, 4.69) is 4.98 Å². The van der Waals surface area contributed by atoms with E-state index in [1.807, 2.05) is 6.07 Å². The maximum absolute atomic E-state index is 6.28. The molecule has 0 amide bonds. The van der Waals surface area contributed by atoms with Crippen molar-refractivity contribution in [2.45, 2.75) is 37.6 Å². The van der Waals surface area contributed by atoms with Crippen molar-refractivity contribution in [2.75, 3.05) is 0 Å². The number of pyridine rings is 1. The summed E-state index contributed by atoms with van der Waals surface area (Å²) in [6.45, 7) is 0. The standard InChI is InChI=1S/C11H15ClN2/c12-10-8-14-6-3-9(10)7-11(13)4-1-2-5-11/h3,6,8H,1-2,4-5,7,13H2. The first kappa shape index (κ1) is 9.94. The zero-order valence-corrected chi connectivity index (χ0v) is 8.93. The van der Waals surface area contributed by atoms with Gasteiger partial charge < -0.3 is 5.73 Å². The van der Waals surface area contributed by atoms with Crippen LogP contribution in [0.15, 0.2) is 18.5 Å². The van der Waals surface area contributed by atoms with Crippen LogP contribution in [-0.4, -0.2) is 10.5 Å². The van der Waals surface area contributed by atoms with Crippen LogP contribution in [0.2, 0.25) is 5.02 Å². The summed E-state index contributed by atoms with van der Waals surface area (Å²) in [6.07, 6.45) is 9.08. The van der Waals surface area contributed by atoms with Crippen molar-refractivity contribution in [3.63, 3.8) is 0 Å². The minimum Gasteiger partial charge on any atom is -0.325 e. The van der Waals surface area contributed by atoms with Crippen molar-refractivity contribution in [3.8, 4) is 0 Å². The van der Waals surface area contributed by atoms with Gasteiger partial charge in [-0.1, -0.05) is 24.4 Å². The molecule has 1 aromatic rings. The van der Waals surface area contributed by atoms with E-state index in [1.54, 1.807) is 12.4 Å². The molecule has 1 heterocycles. The van der Waals surface area contributed by atoms with Gasteiger partial charge in [0.1, 0.15) is 0 Å². The molecule has 76 valence electrons. The van der Waals surface area contributed by atoms with Crippen LogP contribution in [0.25, 0.3) is 0 Å². The minimum atomic E-state index is -0.0228. The topological polar surface area (TPSA) is 38.9 Å². The Labute approximate surface area is 89.5 Å². The number of rotatable bonds is 2. The predicted octanol–water partition coefficient (Wildman–Crippen LogP) is 2.55. The summed E-state index contributed by atoms with van der Waals surface area (Å²) < 4.78 is 0. The van der Waals surface area contributed by atoms with Gasteiger partial charge in [-0.15, -0.1) is 0 Å². The highest BCUT2D eigenvalue weighted by Gasteiger charge is 2.29. The third kappa shape index (κ3) is 2.07. The maximum Gasteiger partial charge on any atom is 0.0621 e. The predicted molar refractivity (Wildman–Crippen MR) is 58.3 cm³/mol. The molecule has 1 saturated carbocycles. The second kappa shape index (κ2) is 3.87. The Hall–Kier alpha value is -0.600. The minimum absolute atomic E-state index is 0.0228. The highest BCUT2D eigenvalue weighted by molar-refractivity contribution is 6.31. The van der Waals surface area contributed by atoms with Gasteiger partial charge in [0.2, 0.25) is 0 Å². The lowest BCUT2D eigenvalue weighted by Gasteiger charge is -2.23. The Bertz CT molecular complexity index is 319. The lowest BCUT2D eigenvalue weighted by atomic mass is 9.91. The van der Waals surface area contributed by atoms with Crippen LogP contribution in [0.5, 0.6) is 0 Å². The SMILES string of the molecule is NC1(Cc2ccncc2Cl)CCCC1. The molecule has 1 aliphatic rings. The van der Waals surface area contributed by atoms with Gasteiger partial charge in [0, 0.05) is 17.9 Å².